The van der Waals surface area contributed by atoms with Crippen molar-refractivity contribution in [2.75, 3.05) is 39.4 Å². The summed E-state index contributed by atoms with van der Waals surface area (Å²) in [6.07, 6.45) is 4.76. The van der Waals surface area contributed by atoms with E-state index >= 15 is 0 Å². The number of nitrogens with zero attached hydrogens (tertiary/aromatic N) is 1. The first-order valence-corrected chi connectivity index (χ1v) is 18.1. The van der Waals surface area contributed by atoms with Gasteiger partial charge in [-0.3, -0.25) is 9.59 Å². The van der Waals surface area contributed by atoms with E-state index in [-0.39, 0.29) is 30.6 Å². The van der Waals surface area contributed by atoms with Crippen LogP contribution in [-0.2, 0) is 41.7 Å². The molecule has 0 bridgehead atoms. The molecule has 3 fully saturated rings. The van der Waals surface area contributed by atoms with E-state index in [1.165, 1.54) is 6.92 Å². The first-order valence-electron chi connectivity index (χ1n) is 18.1. The minimum atomic E-state index is -0.532. The number of carbonyl (C=O) groups is 2. The maximum Gasteiger partial charge on any atom is 0.220 e. The summed E-state index contributed by atoms with van der Waals surface area (Å²) in [5.41, 5.74) is 6.07. The lowest BCUT2D eigenvalue weighted by atomic mass is 9.97. The number of amides is 2. The highest BCUT2D eigenvalue weighted by Crippen LogP contribution is 2.39. The molecule has 3 aliphatic heterocycles. The van der Waals surface area contributed by atoms with Gasteiger partial charge < -0.3 is 39.6 Å². The minimum absolute atomic E-state index is 0.00795. The fourth-order valence-corrected chi connectivity index (χ4v) is 7.09. The number of unbranched alkanes of at least 4 members (excludes halogenated alkanes) is 2. The topological polar surface area (TPSA) is 119 Å². The number of rotatable bonds is 14. The second-order valence-electron chi connectivity index (χ2n) is 13.6. The minimum Gasteiger partial charge on any atom is -0.392 e. The zero-order chi connectivity index (χ0) is 34.8. The molecular formula is C40H51N3O7. The number of likely N-dealkylation sites (tertiary alicyclic amines) is 1. The fraction of sp³-hybridized carbons (Fsp3) is 0.500. The molecule has 3 aromatic carbocycles. The van der Waals surface area contributed by atoms with E-state index in [2.05, 4.69) is 51.9 Å². The third kappa shape index (κ3) is 9.78. The summed E-state index contributed by atoms with van der Waals surface area (Å²) >= 11 is 0. The van der Waals surface area contributed by atoms with Gasteiger partial charge in [0.25, 0.3) is 0 Å². The Morgan fingerprint density at radius 1 is 0.860 bits per heavy atom. The Morgan fingerprint density at radius 3 is 2.30 bits per heavy atom. The predicted molar refractivity (Wildman–Crippen MR) is 190 cm³/mol. The van der Waals surface area contributed by atoms with E-state index in [1.54, 1.807) is 0 Å². The molecule has 2 amide bonds. The zero-order valence-corrected chi connectivity index (χ0v) is 29.1. The second-order valence-corrected chi connectivity index (χ2v) is 13.6. The van der Waals surface area contributed by atoms with Crippen LogP contribution < -0.4 is 10.6 Å². The molecule has 3 unspecified atom stereocenters. The molecule has 3 heterocycles. The quantitative estimate of drug-likeness (QED) is 0.189. The van der Waals surface area contributed by atoms with Gasteiger partial charge in [-0.25, -0.2) is 0 Å². The van der Waals surface area contributed by atoms with Crippen molar-refractivity contribution in [1.29, 1.82) is 0 Å². The van der Waals surface area contributed by atoms with Crippen LogP contribution in [0.2, 0.25) is 0 Å². The highest BCUT2D eigenvalue weighted by molar-refractivity contribution is 5.76. The number of nitrogens with one attached hydrogen (secondary N) is 2. The summed E-state index contributed by atoms with van der Waals surface area (Å²) in [4.78, 5) is 26.0. The Labute approximate surface area is 295 Å². The van der Waals surface area contributed by atoms with E-state index in [4.69, 9.17) is 18.9 Å². The third-order valence-electron chi connectivity index (χ3n) is 9.95. The molecule has 1 spiro atoms. The number of aliphatic hydroxyl groups is 1. The van der Waals surface area contributed by atoms with Crippen LogP contribution in [0.1, 0.15) is 86.5 Å². The van der Waals surface area contributed by atoms with E-state index in [0.717, 1.165) is 91.5 Å². The second kappa shape index (κ2) is 17.5. The molecule has 3 atom stereocenters. The highest BCUT2D eigenvalue weighted by atomic mass is 16.7. The summed E-state index contributed by atoms with van der Waals surface area (Å²) < 4.78 is 25.2. The SMILES string of the molecule is CC(=O)NCCCCCC(=O)NCc1ccccc1-c1ccc(C2OC(CN3CCC4(CC3)OCCO4)CC(c3ccc(CO)cc3)O2)cc1. The normalized spacial score (nSPS) is 22.0. The number of ether oxygens (including phenoxy) is 4. The predicted octanol–water partition coefficient (Wildman–Crippen LogP) is 5.54. The summed E-state index contributed by atoms with van der Waals surface area (Å²) in [5.74, 6) is -0.404. The van der Waals surface area contributed by atoms with Gasteiger partial charge in [0.2, 0.25) is 11.8 Å². The van der Waals surface area contributed by atoms with Crippen molar-refractivity contribution in [3.05, 3.63) is 95.1 Å². The number of carbonyl (C=O) groups excluding carboxylic acids is 2. The number of hydrogen-bond donors (Lipinski definition) is 3. The van der Waals surface area contributed by atoms with Crippen LogP contribution in [0.3, 0.4) is 0 Å². The van der Waals surface area contributed by atoms with Crippen molar-refractivity contribution in [3.8, 4) is 11.1 Å². The van der Waals surface area contributed by atoms with Crippen molar-refractivity contribution < 1.29 is 33.6 Å². The zero-order valence-electron chi connectivity index (χ0n) is 29.1. The van der Waals surface area contributed by atoms with Crippen molar-refractivity contribution in [2.24, 2.45) is 0 Å². The maximum atomic E-state index is 12.6. The summed E-state index contributed by atoms with van der Waals surface area (Å²) in [6.45, 7) is 6.56. The molecule has 0 radical (unpaired) electrons. The molecule has 0 saturated carbocycles. The molecule has 10 nitrogen and oxygen atoms in total. The van der Waals surface area contributed by atoms with Crippen molar-refractivity contribution in [1.82, 2.24) is 15.5 Å². The first kappa shape index (κ1) is 36.2. The van der Waals surface area contributed by atoms with Gasteiger partial charge in [0, 0.05) is 70.9 Å². The fourth-order valence-electron chi connectivity index (χ4n) is 7.09. The van der Waals surface area contributed by atoms with Crippen LogP contribution in [0, 0.1) is 0 Å². The van der Waals surface area contributed by atoms with E-state index < -0.39 is 12.1 Å². The molecule has 0 aromatic heterocycles. The Balaban J connectivity index is 1.09. The monoisotopic (exact) mass is 685 g/mol. The molecular weight excluding hydrogens is 634 g/mol. The standard InChI is InChI=1S/C40H51N3O7/c1-29(45)41-20-6-2-3-9-38(46)42-26-34-7-4-5-8-36(34)31-14-16-33(17-15-31)39-49-35(25-37(50-39)32-12-10-30(28-44)11-13-32)27-43-21-18-40(19-22-43)47-23-24-48-40/h4-5,7-8,10-17,35,37,39,44H,2-3,6,9,18-28H2,1H3,(H,41,45)(H,42,46). The number of aliphatic hydroxyl groups excluding tert-OH is 1. The summed E-state index contributed by atoms with van der Waals surface area (Å²) in [6, 6.07) is 24.5. The van der Waals surface area contributed by atoms with Crippen LogP contribution in [0.4, 0.5) is 0 Å². The van der Waals surface area contributed by atoms with Gasteiger partial charge in [0.05, 0.1) is 32.0 Å². The van der Waals surface area contributed by atoms with Gasteiger partial charge in [0.15, 0.2) is 12.1 Å². The lowest BCUT2D eigenvalue weighted by Gasteiger charge is -2.41. The summed E-state index contributed by atoms with van der Waals surface area (Å²) in [7, 11) is 0. The summed E-state index contributed by atoms with van der Waals surface area (Å²) in [5, 5.41) is 15.4. The third-order valence-corrected chi connectivity index (χ3v) is 9.95. The molecule has 0 aliphatic carbocycles. The van der Waals surface area contributed by atoms with Crippen LogP contribution in [-0.4, -0.2) is 73.1 Å². The average Bonchev–Trinajstić information content (AvgIpc) is 3.61. The van der Waals surface area contributed by atoms with Crippen molar-refractivity contribution in [3.63, 3.8) is 0 Å². The number of piperidine rings is 1. The van der Waals surface area contributed by atoms with Crippen molar-refractivity contribution >= 4 is 11.8 Å². The molecule has 268 valence electrons. The maximum absolute atomic E-state index is 12.6. The number of hydrogen-bond acceptors (Lipinski definition) is 8. The van der Waals surface area contributed by atoms with Crippen LogP contribution in [0.5, 0.6) is 0 Å². The molecule has 3 aliphatic rings. The lowest BCUT2D eigenvalue weighted by molar-refractivity contribution is -0.255. The van der Waals surface area contributed by atoms with Gasteiger partial charge in [-0.2, -0.15) is 0 Å². The molecule has 3 aromatic rings. The molecule has 50 heavy (non-hydrogen) atoms. The Morgan fingerprint density at radius 2 is 1.58 bits per heavy atom. The highest BCUT2D eigenvalue weighted by Gasteiger charge is 2.41. The Bertz CT molecular complexity index is 1530. The van der Waals surface area contributed by atoms with Gasteiger partial charge in [0.1, 0.15) is 0 Å². The molecule has 3 saturated heterocycles. The van der Waals surface area contributed by atoms with Gasteiger partial charge >= 0.3 is 0 Å². The van der Waals surface area contributed by atoms with Crippen molar-refractivity contribution in [2.45, 2.75) is 89.3 Å². The molecule has 10 heteroatoms. The lowest BCUT2D eigenvalue weighted by Crippen LogP contribution is -2.48. The largest absolute Gasteiger partial charge is 0.392 e. The van der Waals surface area contributed by atoms with E-state index in [0.29, 0.717) is 32.7 Å². The molecule has 3 N–H and O–H groups in total. The Hall–Kier alpha value is -3.64. The van der Waals surface area contributed by atoms with Gasteiger partial charge in [-0.1, -0.05) is 79.2 Å². The number of benzene rings is 3. The van der Waals surface area contributed by atoms with E-state index in [1.807, 2.05) is 36.4 Å². The van der Waals surface area contributed by atoms with Crippen LogP contribution in [0.25, 0.3) is 11.1 Å². The first-order chi connectivity index (χ1) is 24.4. The van der Waals surface area contributed by atoms with E-state index in [9.17, 15) is 14.7 Å². The van der Waals surface area contributed by atoms with Crippen LogP contribution in [0.15, 0.2) is 72.8 Å². The molecule has 6 rings (SSSR count). The van der Waals surface area contributed by atoms with Gasteiger partial charge in [-0.15, -0.1) is 0 Å². The van der Waals surface area contributed by atoms with Crippen LogP contribution >= 0.6 is 0 Å². The smallest absolute Gasteiger partial charge is 0.220 e. The average molecular weight is 686 g/mol. The van der Waals surface area contributed by atoms with Gasteiger partial charge in [-0.05, 0) is 40.7 Å². The Kier molecular flexibility index (Phi) is 12.7.